The first kappa shape index (κ1) is 12.6. The predicted octanol–water partition coefficient (Wildman–Crippen LogP) is 3.43. The molecule has 0 unspecified atom stereocenters. The van der Waals surface area contributed by atoms with Gasteiger partial charge in [-0.1, -0.05) is 26.8 Å². The van der Waals surface area contributed by atoms with E-state index in [0.717, 1.165) is 24.8 Å². The van der Waals surface area contributed by atoms with Gasteiger partial charge in [-0.05, 0) is 42.0 Å². The lowest BCUT2D eigenvalue weighted by atomic mass is 9.95. The van der Waals surface area contributed by atoms with Crippen LogP contribution in [0.1, 0.15) is 37.5 Å². The Morgan fingerprint density at radius 3 is 2.19 bits per heavy atom. The Kier molecular flexibility index (Phi) is 4.35. The molecule has 88 valence electrons. The van der Waals surface area contributed by atoms with E-state index in [1.54, 1.807) is 6.07 Å². The Balaban J connectivity index is 3.25. The van der Waals surface area contributed by atoms with Gasteiger partial charge in [0, 0.05) is 0 Å². The fourth-order valence-corrected chi connectivity index (χ4v) is 2.07. The molecule has 0 atom stereocenters. The van der Waals surface area contributed by atoms with E-state index in [4.69, 9.17) is 9.84 Å². The van der Waals surface area contributed by atoms with Crippen LogP contribution in [0.4, 0.5) is 4.79 Å². The van der Waals surface area contributed by atoms with Gasteiger partial charge in [0.15, 0.2) is 0 Å². The van der Waals surface area contributed by atoms with Gasteiger partial charge < -0.3 is 9.84 Å². The molecule has 3 heteroatoms. The molecule has 0 aliphatic heterocycles. The van der Waals surface area contributed by atoms with Gasteiger partial charge in [-0.15, -0.1) is 0 Å². The van der Waals surface area contributed by atoms with E-state index in [-0.39, 0.29) is 0 Å². The van der Waals surface area contributed by atoms with Gasteiger partial charge in [0.25, 0.3) is 0 Å². The van der Waals surface area contributed by atoms with Crippen LogP contribution >= 0.6 is 0 Å². The fraction of sp³-hybridized carbons (Fsp3) is 0.462. The van der Waals surface area contributed by atoms with Crippen LogP contribution < -0.4 is 4.74 Å². The summed E-state index contributed by atoms with van der Waals surface area (Å²) in [5.41, 5.74) is 3.52. The Hall–Kier alpha value is -1.51. The summed E-state index contributed by atoms with van der Waals surface area (Å²) in [5, 5.41) is 8.65. The molecule has 0 aliphatic rings. The number of rotatable bonds is 4. The van der Waals surface area contributed by atoms with Crippen LogP contribution in [0.3, 0.4) is 0 Å². The third kappa shape index (κ3) is 2.54. The van der Waals surface area contributed by atoms with Crippen molar-refractivity contribution < 1.29 is 14.6 Å². The number of aryl methyl sites for hydroxylation is 1. The van der Waals surface area contributed by atoms with E-state index in [2.05, 4.69) is 13.8 Å². The van der Waals surface area contributed by atoms with E-state index in [1.165, 1.54) is 11.1 Å². The number of hydrogen-bond acceptors (Lipinski definition) is 2. The second-order valence-corrected chi connectivity index (χ2v) is 3.61. The van der Waals surface area contributed by atoms with Crippen LogP contribution in [-0.2, 0) is 19.3 Å². The molecule has 0 amide bonds. The van der Waals surface area contributed by atoms with Crippen molar-refractivity contribution in [1.29, 1.82) is 0 Å². The number of carboxylic acid groups (broad SMARTS) is 1. The average molecular weight is 222 g/mol. The second-order valence-electron chi connectivity index (χ2n) is 3.61. The largest absolute Gasteiger partial charge is 0.511 e. The van der Waals surface area contributed by atoms with Crippen LogP contribution in [-0.4, -0.2) is 11.3 Å². The standard InChI is InChI=1S/C13H18O3/c1-4-9-7-8-12(16-13(14)15)11(6-3)10(9)5-2/h7-8H,4-6H2,1-3H3,(H,14,15). The maximum absolute atomic E-state index is 10.6. The maximum atomic E-state index is 10.6. The molecule has 1 rings (SSSR count). The average Bonchev–Trinajstić information content (AvgIpc) is 2.27. The first-order valence-corrected chi connectivity index (χ1v) is 5.68. The summed E-state index contributed by atoms with van der Waals surface area (Å²) in [6.45, 7) is 6.20. The zero-order chi connectivity index (χ0) is 12.1. The molecule has 16 heavy (non-hydrogen) atoms. The summed E-state index contributed by atoms with van der Waals surface area (Å²) in [4.78, 5) is 10.6. The summed E-state index contributed by atoms with van der Waals surface area (Å²) in [6.07, 6.45) is 1.41. The van der Waals surface area contributed by atoms with Crippen molar-refractivity contribution in [3.05, 3.63) is 28.8 Å². The molecule has 0 heterocycles. The lowest BCUT2D eigenvalue weighted by molar-refractivity contribution is 0.144. The monoisotopic (exact) mass is 222 g/mol. The molecule has 0 saturated heterocycles. The fourth-order valence-electron chi connectivity index (χ4n) is 2.07. The molecule has 0 aromatic heterocycles. The van der Waals surface area contributed by atoms with Gasteiger partial charge >= 0.3 is 6.16 Å². The van der Waals surface area contributed by atoms with Crippen molar-refractivity contribution in [3.8, 4) is 5.75 Å². The van der Waals surface area contributed by atoms with Crippen LogP contribution in [0, 0.1) is 0 Å². The van der Waals surface area contributed by atoms with Gasteiger partial charge in [0.2, 0.25) is 0 Å². The van der Waals surface area contributed by atoms with Crippen molar-refractivity contribution >= 4 is 6.16 Å². The molecule has 0 saturated carbocycles. The maximum Gasteiger partial charge on any atom is 0.511 e. The Morgan fingerprint density at radius 1 is 1.12 bits per heavy atom. The van der Waals surface area contributed by atoms with Gasteiger partial charge in [-0.2, -0.15) is 0 Å². The molecule has 0 radical (unpaired) electrons. The minimum absolute atomic E-state index is 0.476. The van der Waals surface area contributed by atoms with E-state index < -0.39 is 6.16 Å². The summed E-state index contributed by atoms with van der Waals surface area (Å²) < 4.78 is 4.79. The van der Waals surface area contributed by atoms with Gasteiger partial charge in [0.1, 0.15) is 5.75 Å². The lowest BCUT2D eigenvalue weighted by Crippen LogP contribution is -2.08. The van der Waals surface area contributed by atoms with Gasteiger partial charge in [-0.3, -0.25) is 0 Å². The molecule has 1 N–H and O–H groups in total. The van der Waals surface area contributed by atoms with E-state index in [9.17, 15) is 4.79 Å². The third-order valence-electron chi connectivity index (χ3n) is 2.77. The van der Waals surface area contributed by atoms with Crippen molar-refractivity contribution in [1.82, 2.24) is 0 Å². The molecule has 0 spiro atoms. The molecule has 0 fully saturated rings. The summed E-state index contributed by atoms with van der Waals surface area (Å²) in [6, 6.07) is 3.71. The normalized spacial score (nSPS) is 10.2. The van der Waals surface area contributed by atoms with Crippen molar-refractivity contribution in [2.75, 3.05) is 0 Å². The highest BCUT2D eigenvalue weighted by molar-refractivity contribution is 5.63. The minimum atomic E-state index is -1.25. The van der Waals surface area contributed by atoms with E-state index in [0.29, 0.717) is 5.75 Å². The quantitative estimate of drug-likeness (QED) is 0.627. The highest BCUT2D eigenvalue weighted by atomic mass is 16.7. The van der Waals surface area contributed by atoms with Crippen LogP contribution in [0.2, 0.25) is 0 Å². The molecule has 1 aromatic rings. The van der Waals surface area contributed by atoms with Gasteiger partial charge in [-0.25, -0.2) is 4.79 Å². The molecule has 0 bridgehead atoms. The SMILES string of the molecule is CCc1ccc(OC(=O)O)c(CC)c1CC. The predicted molar refractivity (Wildman–Crippen MR) is 63.2 cm³/mol. The molecular formula is C13H18O3. The highest BCUT2D eigenvalue weighted by Crippen LogP contribution is 2.27. The van der Waals surface area contributed by atoms with E-state index >= 15 is 0 Å². The Labute approximate surface area is 96.1 Å². The Morgan fingerprint density at radius 2 is 1.75 bits per heavy atom. The topological polar surface area (TPSA) is 46.5 Å². The second kappa shape index (κ2) is 5.54. The lowest BCUT2D eigenvalue weighted by Gasteiger charge is -2.14. The number of ether oxygens (including phenoxy) is 1. The Bertz CT molecular complexity index is 383. The minimum Gasteiger partial charge on any atom is -0.449 e. The molecule has 0 aliphatic carbocycles. The van der Waals surface area contributed by atoms with E-state index in [1.807, 2.05) is 13.0 Å². The molecule has 3 nitrogen and oxygen atoms in total. The van der Waals surface area contributed by atoms with Crippen LogP contribution in [0.25, 0.3) is 0 Å². The van der Waals surface area contributed by atoms with Gasteiger partial charge in [0.05, 0.1) is 0 Å². The van der Waals surface area contributed by atoms with Crippen LogP contribution in [0.5, 0.6) is 5.75 Å². The smallest absolute Gasteiger partial charge is 0.449 e. The first-order valence-electron chi connectivity index (χ1n) is 5.68. The van der Waals surface area contributed by atoms with Crippen molar-refractivity contribution in [3.63, 3.8) is 0 Å². The summed E-state index contributed by atoms with van der Waals surface area (Å²) in [7, 11) is 0. The summed E-state index contributed by atoms with van der Waals surface area (Å²) in [5.74, 6) is 0.476. The molecular weight excluding hydrogens is 204 g/mol. The number of benzene rings is 1. The van der Waals surface area contributed by atoms with Crippen molar-refractivity contribution in [2.24, 2.45) is 0 Å². The molecule has 1 aromatic carbocycles. The summed E-state index contributed by atoms with van der Waals surface area (Å²) >= 11 is 0. The number of carbonyl (C=O) groups is 1. The van der Waals surface area contributed by atoms with Crippen LogP contribution in [0.15, 0.2) is 12.1 Å². The highest BCUT2D eigenvalue weighted by Gasteiger charge is 2.12. The zero-order valence-corrected chi connectivity index (χ0v) is 10.0. The zero-order valence-electron chi connectivity index (χ0n) is 10.0. The first-order chi connectivity index (χ1) is 7.63. The van der Waals surface area contributed by atoms with Crippen molar-refractivity contribution in [2.45, 2.75) is 40.0 Å². The number of hydrogen-bond donors (Lipinski definition) is 1. The third-order valence-corrected chi connectivity index (χ3v) is 2.77.